The van der Waals surface area contributed by atoms with Crippen LogP contribution in [0.5, 0.6) is 0 Å². The quantitative estimate of drug-likeness (QED) is 0.706. The van der Waals surface area contributed by atoms with Crippen LogP contribution in [0.25, 0.3) is 22.2 Å². The molecule has 0 saturated heterocycles. The van der Waals surface area contributed by atoms with Gasteiger partial charge in [-0.3, -0.25) is 4.79 Å². The lowest BCUT2D eigenvalue weighted by Gasteiger charge is -2.09. The molecular formula is C15H16ClN5O. The van der Waals surface area contributed by atoms with E-state index in [0.29, 0.717) is 28.2 Å². The number of anilines is 2. The van der Waals surface area contributed by atoms with Crippen molar-refractivity contribution in [2.24, 2.45) is 7.05 Å². The highest BCUT2D eigenvalue weighted by Crippen LogP contribution is 2.25. The number of rotatable bonds is 2. The minimum atomic E-state index is -0.123. The SMILES string of the molecule is CNc1nc(-c2ccc(N)cc2)c2c(=O)n(C)ccc2n1.Cl. The van der Waals surface area contributed by atoms with Gasteiger partial charge >= 0.3 is 0 Å². The van der Waals surface area contributed by atoms with E-state index >= 15 is 0 Å². The Morgan fingerprint density at radius 3 is 2.45 bits per heavy atom. The second kappa shape index (κ2) is 6.03. The predicted molar refractivity (Wildman–Crippen MR) is 91.4 cm³/mol. The number of nitrogens with two attached hydrogens (primary N) is 1. The number of hydrogen-bond donors (Lipinski definition) is 2. The van der Waals surface area contributed by atoms with E-state index in [1.807, 2.05) is 12.1 Å². The highest BCUT2D eigenvalue weighted by molar-refractivity contribution is 5.92. The lowest BCUT2D eigenvalue weighted by Crippen LogP contribution is -2.17. The number of pyridine rings is 1. The first-order valence-corrected chi connectivity index (χ1v) is 6.51. The van der Waals surface area contributed by atoms with Gasteiger partial charge in [0.05, 0.1) is 16.6 Å². The summed E-state index contributed by atoms with van der Waals surface area (Å²) >= 11 is 0. The van der Waals surface area contributed by atoms with E-state index in [9.17, 15) is 4.79 Å². The van der Waals surface area contributed by atoms with E-state index < -0.39 is 0 Å². The molecule has 0 fully saturated rings. The van der Waals surface area contributed by atoms with Crippen LogP contribution in [0, 0.1) is 0 Å². The average molecular weight is 318 g/mol. The van der Waals surface area contributed by atoms with Crippen LogP contribution < -0.4 is 16.6 Å². The van der Waals surface area contributed by atoms with Crippen LogP contribution in [0.2, 0.25) is 0 Å². The molecule has 7 heteroatoms. The smallest absolute Gasteiger partial charge is 0.261 e. The van der Waals surface area contributed by atoms with Crippen molar-refractivity contribution >= 4 is 34.9 Å². The maximum atomic E-state index is 12.4. The molecule has 0 aliphatic carbocycles. The molecule has 0 saturated carbocycles. The Morgan fingerprint density at radius 1 is 1.14 bits per heavy atom. The van der Waals surface area contributed by atoms with Crippen LogP contribution in [0.15, 0.2) is 41.3 Å². The van der Waals surface area contributed by atoms with Gasteiger partial charge in [0.15, 0.2) is 0 Å². The lowest BCUT2D eigenvalue weighted by molar-refractivity contribution is 0.871. The maximum Gasteiger partial charge on any atom is 0.261 e. The molecule has 0 atom stereocenters. The van der Waals surface area contributed by atoms with Crippen molar-refractivity contribution in [3.8, 4) is 11.3 Å². The number of aryl methyl sites for hydroxylation is 1. The summed E-state index contributed by atoms with van der Waals surface area (Å²) in [5.74, 6) is 0.475. The molecule has 0 bridgehead atoms. The van der Waals surface area contributed by atoms with E-state index in [1.54, 1.807) is 38.5 Å². The number of benzene rings is 1. The summed E-state index contributed by atoms with van der Waals surface area (Å²) in [5.41, 5.74) is 8.31. The molecule has 0 spiro atoms. The first-order valence-electron chi connectivity index (χ1n) is 6.51. The van der Waals surface area contributed by atoms with Crippen molar-refractivity contribution in [3.63, 3.8) is 0 Å². The van der Waals surface area contributed by atoms with Crippen molar-refractivity contribution in [1.82, 2.24) is 14.5 Å². The van der Waals surface area contributed by atoms with Gasteiger partial charge in [-0.2, -0.15) is 0 Å². The fourth-order valence-corrected chi connectivity index (χ4v) is 2.20. The van der Waals surface area contributed by atoms with Crippen molar-refractivity contribution in [2.45, 2.75) is 0 Å². The van der Waals surface area contributed by atoms with Gasteiger partial charge in [-0.05, 0) is 18.2 Å². The van der Waals surface area contributed by atoms with Crippen molar-refractivity contribution in [2.75, 3.05) is 18.1 Å². The molecule has 114 valence electrons. The van der Waals surface area contributed by atoms with Gasteiger partial charge < -0.3 is 15.6 Å². The van der Waals surface area contributed by atoms with Gasteiger partial charge in [-0.1, -0.05) is 12.1 Å². The Balaban J connectivity index is 0.00000176. The van der Waals surface area contributed by atoms with Crippen LogP contribution >= 0.6 is 12.4 Å². The lowest BCUT2D eigenvalue weighted by atomic mass is 10.1. The summed E-state index contributed by atoms with van der Waals surface area (Å²) in [6.45, 7) is 0. The van der Waals surface area contributed by atoms with Gasteiger partial charge in [-0.15, -0.1) is 12.4 Å². The van der Waals surface area contributed by atoms with Gasteiger partial charge in [0.25, 0.3) is 5.56 Å². The number of aromatic nitrogens is 3. The maximum absolute atomic E-state index is 12.4. The zero-order valence-electron chi connectivity index (χ0n) is 12.2. The Kier molecular flexibility index (Phi) is 4.32. The minimum absolute atomic E-state index is 0. The third-order valence-electron chi connectivity index (χ3n) is 3.33. The second-order valence-electron chi connectivity index (χ2n) is 4.76. The molecule has 1 aromatic carbocycles. The zero-order chi connectivity index (χ0) is 15.0. The topological polar surface area (TPSA) is 85.8 Å². The normalized spacial score (nSPS) is 10.3. The Labute approximate surface area is 133 Å². The first-order chi connectivity index (χ1) is 10.1. The number of nitrogens with zero attached hydrogens (tertiary/aromatic N) is 3. The summed E-state index contributed by atoms with van der Waals surface area (Å²) in [5, 5.41) is 3.42. The molecule has 3 aromatic rings. The van der Waals surface area contributed by atoms with E-state index in [1.165, 1.54) is 4.57 Å². The van der Waals surface area contributed by atoms with Crippen molar-refractivity contribution in [1.29, 1.82) is 0 Å². The van der Waals surface area contributed by atoms with E-state index in [0.717, 1.165) is 5.56 Å². The predicted octanol–water partition coefficient (Wildman–Crippen LogP) is 2.04. The average Bonchev–Trinajstić information content (AvgIpc) is 2.50. The Hall–Kier alpha value is -2.60. The second-order valence-corrected chi connectivity index (χ2v) is 4.76. The standard InChI is InChI=1S/C15H15N5O.ClH/c1-17-15-18-11-7-8-20(2)14(21)12(11)13(19-15)9-3-5-10(16)6-4-9;/h3-8H,16H2,1-2H3,(H,17,18,19);1H. The summed E-state index contributed by atoms with van der Waals surface area (Å²) in [4.78, 5) is 21.2. The summed E-state index contributed by atoms with van der Waals surface area (Å²) in [6, 6.07) is 9.08. The molecule has 0 amide bonds. The Morgan fingerprint density at radius 2 is 1.82 bits per heavy atom. The molecule has 6 nitrogen and oxygen atoms in total. The van der Waals surface area contributed by atoms with Crippen LogP contribution in [0.4, 0.5) is 11.6 Å². The molecule has 3 rings (SSSR count). The van der Waals surface area contributed by atoms with E-state index in [-0.39, 0.29) is 18.0 Å². The molecule has 3 N–H and O–H groups in total. The van der Waals surface area contributed by atoms with Gasteiger partial charge in [0, 0.05) is 31.5 Å². The molecule has 0 unspecified atom stereocenters. The summed E-state index contributed by atoms with van der Waals surface area (Å²) in [7, 11) is 3.45. The Bertz CT molecular complexity index is 873. The number of nitrogens with one attached hydrogen (secondary N) is 1. The van der Waals surface area contributed by atoms with Crippen LogP contribution in [-0.4, -0.2) is 21.6 Å². The highest BCUT2D eigenvalue weighted by atomic mass is 35.5. The number of fused-ring (bicyclic) bond motifs is 1. The fraction of sp³-hybridized carbons (Fsp3) is 0.133. The largest absolute Gasteiger partial charge is 0.399 e. The fourth-order valence-electron chi connectivity index (χ4n) is 2.20. The molecule has 22 heavy (non-hydrogen) atoms. The van der Waals surface area contributed by atoms with Crippen LogP contribution in [0.1, 0.15) is 0 Å². The number of halogens is 1. The molecular weight excluding hydrogens is 302 g/mol. The summed E-state index contributed by atoms with van der Waals surface area (Å²) in [6.07, 6.45) is 1.70. The highest BCUT2D eigenvalue weighted by Gasteiger charge is 2.13. The van der Waals surface area contributed by atoms with Gasteiger partial charge in [-0.25, -0.2) is 9.97 Å². The molecule has 2 heterocycles. The molecule has 0 radical (unpaired) electrons. The zero-order valence-corrected chi connectivity index (χ0v) is 13.0. The van der Waals surface area contributed by atoms with E-state index in [2.05, 4.69) is 15.3 Å². The third kappa shape index (κ3) is 2.60. The van der Waals surface area contributed by atoms with E-state index in [4.69, 9.17) is 5.73 Å². The molecule has 0 aliphatic rings. The van der Waals surface area contributed by atoms with Gasteiger partial charge in [0.2, 0.25) is 5.95 Å². The van der Waals surface area contributed by atoms with Gasteiger partial charge in [0.1, 0.15) is 0 Å². The van der Waals surface area contributed by atoms with Crippen LogP contribution in [0.3, 0.4) is 0 Å². The number of nitrogen functional groups attached to an aromatic ring is 1. The van der Waals surface area contributed by atoms with Crippen molar-refractivity contribution in [3.05, 3.63) is 46.9 Å². The first kappa shape index (κ1) is 15.8. The third-order valence-corrected chi connectivity index (χ3v) is 3.33. The number of hydrogen-bond acceptors (Lipinski definition) is 5. The van der Waals surface area contributed by atoms with Crippen molar-refractivity contribution < 1.29 is 0 Å². The minimum Gasteiger partial charge on any atom is -0.399 e. The monoisotopic (exact) mass is 317 g/mol. The molecule has 0 aliphatic heterocycles. The molecule has 2 aromatic heterocycles. The summed E-state index contributed by atoms with van der Waals surface area (Å²) < 4.78 is 1.52. The van der Waals surface area contributed by atoms with Crippen LogP contribution in [-0.2, 0) is 7.05 Å².